The summed E-state index contributed by atoms with van der Waals surface area (Å²) < 4.78 is 0. The fourth-order valence-corrected chi connectivity index (χ4v) is 0.995. The van der Waals surface area contributed by atoms with E-state index in [9.17, 15) is 15.3 Å². The van der Waals surface area contributed by atoms with Gasteiger partial charge in [0.2, 0.25) is 0 Å². The van der Waals surface area contributed by atoms with E-state index in [2.05, 4.69) is 45.7 Å². The fraction of sp³-hybridized carbons (Fsp3) is 0.500. The van der Waals surface area contributed by atoms with Crippen LogP contribution in [0.2, 0.25) is 0 Å². The van der Waals surface area contributed by atoms with Gasteiger partial charge in [0.1, 0.15) is 24.0 Å². The number of nitrogens with zero attached hydrogens (tertiary/aromatic N) is 4. The molecule has 0 aromatic heterocycles. The first-order chi connectivity index (χ1) is 9.29. The van der Waals surface area contributed by atoms with Gasteiger partial charge in [-0.25, -0.2) is 0 Å². The third-order valence-electron chi connectivity index (χ3n) is 1.82. The first kappa shape index (κ1) is 22.4. The fourth-order valence-electron chi connectivity index (χ4n) is 0.907. The average Bonchev–Trinajstić information content (AvgIpc) is 2.39. The Balaban J connectivity index is 0. The Bertz CT molecular complexity index is 425. The molecule has 0 saturated carbocycles. The van der Waals surface area contributed by atoms with Crippen molar-refractivity contribution in [2.24, 2.45) is 31.9 Å². The summed E-state index contributed by atoms with van der Waals surface area (Å²) in [6, 6.07) is 0. The van der Waals surface area contributed by atoms with Gasteiger partial charge in [-0.15, -0.1) is 0 Å². The summed E-state index contributed by atoms with van der Waals surface area (Å²) in [7, 11) is 0. The zero-order chi connectivity index (χ0) is 15.7. The van der Waals surface area contributed by atoms with Crippen molar-refractivity contribution >= 4 is 47.5 Å². The summed E-state index contributed by atoms with van der Waals surface area (Å²) in [6.45, 7) is -0.771. The smallest absolute Gasteiger partial charge is 0.741 e. The van der Waals surface area contributed by atoms with E-state index in [1.165, 1.54) is 0 Å². The van der Waals surface area contributed by atoms with Crippen LogP contribution in [-0.2, 0) is 42.3 Å². The van der Waals surface area contributed by atoms with E-state index < -0.39 is 24.9 Å². The molecule has 8 N–H and O–H groups in total. The first-order valence-electron chi connectivity index (χ1n) is 5.06. The molecule has 120 valence electrons. The molecule has 0 aromatic rings. The molecule has 3 atom stereocenters. The average molecular weight is 378 g/mol. The van der Waals surface area contributed by atoms with E-state index in [4.69, 9.17) is 16.6 Å². The molecule has 0 spiro atoms. The van der Waals surface area contributed by atoms with Crippen molar-refractivity contribution in [2.75, 3.05) is 6.61 Å². The molecule has 0 aliphatic rings. The molecule has 0 aromatic carbocycles. The maximum atomic E-state index is 9.76. The van der Waals surface area contributed by atoms with Crippen LogP contribution in [0.1, 0.15) is 0 Å². The van der Waals surface area contributed by atoms with Gasteiger partial charge in [0.05, 0.1) is 12.8 Å². The van der Waals surface area contributed by atoms with Crippen molar-refractivity contribution in [3.8, 4) is 0 Å². The molecule has 0 heterocycles. The standard InChI is InChI=1S/C8H16N6O4S2.Fe/c9-7(19)13-11-1-3(12-14-8(10)20)5(17)6(18)4(16)2-15;/h1,4-6,15-18H,2H2,(H3,9,13,19)(H3,10,14,20);/q;+2/p-2. The van der Waals surface area contributed by atoms with Crippen LogP contribution < -0.4 is 11.5 Å². The summed E-state index contributed by atoms with van der Waals surface area (Å²) in [5, 5.41) is 50.0. The van der Waals surface area contributed by atoms with Gasteiger partial charge < -0.3 is 57.2 Å². The van der Waals surface area contributed by atoms with Crippen molar-refractivity contribution in [3.63, 3.8) is 0 Å². The summed E-state index contributed by atoms with van der Waals surface area (Å²) in [5.74, 6) is 0. The van der Waals surface area contributed by atoms with E-state index in [-0.39, 0.29) is 33.1 Å². The maximum absolute atomic E-state index is 9.76. The Morgan fingerprint density at radius 1 is 1.05 bits per heavy atom. The number of aliphatic hydroxyl groups excluding tert-OH is 4. The van der Waals surface area contributed by atoms with Crippen molar-refractivity contribution < 1.29 is 37.5 Å². The molecule has 3 unspecified atom stereocenters. The minimum atomic E-state index is -1.74. The zero-order valence-electron chi connectivity index (χ0n) is 10.4. The summed E-state index contributed by atoms with van der Waals surface area (Å²) in [4.78, 5) is 0. The van der Waals surface area contributed by atoms with Crippen molar-refractivity contribution in [2.45, 2.75) is 18.3 Å². The Hall–Kier alpha value is -0.921. The molecule has 0 saturated heterocycles. The van der Waals surface area contributed by atoms with Crippen LogP contribution in [-0.4, -0.2) is 67.6 Å². The molecule has 0 bridgehead atoms. The minimum absolute atomic E-state index is 0. The normalized spacial score (nSPS) is 18.2. The second kappa shape index (κ2) is 11.7. The molecular weight excluding hydrogens is 364 g/mol. The SMILES string of the molecule is NC([S-])=NN=CC(=NN=C(N)[S-])C(O)C(O)C(O)CO.[Fe+2]. The van der Waals surface area contributed by atoms with E-state index in [1.807, 2.05) is 0 Å². The number of hydrogen-bond acceptors (Lipinski definition) is 10. The Morgan fingerprint density at radius 3 is 2.00 bits per heavy atom. The van der Waals surface area contributed by atoms with Gasteiger partial charge in [-0.1, -0.05) is 0 Å². The Kier molecular flexibility index (Phi) is 12.5. The monoisotopic (exact) mass is 378 g/mol. The summed E-state index contributed by atoms with van der Waals surface area (Å²) >= 11 is 8.90. The van der Waals surface area contributed by atoms with Crippen LogP contribution in [0, 0.1) is 0 Å². The van der Waals surface area contributed by atoms with Crippen molar-refractivity contribution in [3.05, 3.63) is 0 Å². The van der Waals surface area contributed by atoms with Crippen LogP contribution in [0.25, 0.3) is 0 Å². The van der Waals surface area contributed by atoms with E-state index in [0.29, 0.717) is 0 Å². The summed E-state index contributed by atoms with van der Waals surface area (Å²) in [5.41, 5.74) is 9.84. The predicted octanol–water partition coefficient (Wildman–Crippen LogP) is -3.88. The second-order valence-corrected chi connectivity index (χ2v) is 4.17. The first-order valence-corrected chi connectivity index (χ1v) is 5.87. The molecule has 10 nitrogen and oxygen atoms in total. The Morgan fingerprint density at radius 2 is 1.57 bits per heavy atom. The van der Waals surface area contributed by atoms with Gasteiger partial charge >= 0.3 is 17.1 Å². The number of amidine groups is 2. The molecule has 21 heavy (non-hydrogen) atoms. The number of rotatable bonds is 7. The number of nitrogens with two attached hydrogens (primary N) is 2. The third-order valence-corrected chi connectivity index (χ3v) is 1.98. The molecule has 0 rings (SSSR count). The third kappa shape index (κ3) is 9.60. The van der Waals surface area contributed by atoms with Gasteiger partial charge in [0, 0.05) is 0 Å². The maximum Gasteiger partial charge on any atom is 2.00 e. The minimum Gasteiger partial charge on any atom is -0.741 e. The molecule has 0 aliphatic carbocycles. The van der Waals surface area contributed by atoms with Crippen LogP contribution in [0.4, 0.5) is 0 Å². The van der Waals surface area contributed by atoms with E-state index in [1.54, 1.807) is 0 Å². The van der Waals surface area contributed by atoms with Crippen molar-refractivity contribution in [1.82, 2.24) is 0 Å². The molecular formula is C8H14FeN6O4S2. The van der Waals surface area contributed by atoms with Crippen LogP contribution >= 0.6 is 0 Å². The summed E-state index contributed by atoms with van der Waals surface area (Å²) in [6.07, 6.45) is -4.17. The molecule has 0 amide bonds. The molecule has 0 fully saturated rings. The topological polar surface area (TPSA) is 182 Å². The van der Waals surface area contributed by atoms with Gasteiger partial charge in [-0.05, 0) is 10.3 Å². The molecule has 13 heteroatoms. The van der Waals surface area contributed by atoms with Crippen molar-refractivity contribution in [1.29, 1.82) is 0 Å². The quantitative estimate of drug-likeness (QED) is 0.0855. The van der Waals surface area contributed by atoms with E-state index in [0.717, 1.165) is 6.21 Å². The number of hydrogen-bond donors (Lipinski definition) is 6. The van der Waals surface area contributed by atoms with Crippen LogP contribution in [0.15, 0.2) is 20.4 Å². The van der Waals surface area contributed by atoms with Gasteiger partial charge in [-0.2, -0.15) is 20.4 Å². The van der Waals surface area contributed by atoms with E-state index >= 15 is 0 Å². The van der Waals surface area contributed by atoms with Crippen LogP contribution in [0.5, 0.6) is 0 Å². The largest absolute Gasteiger partial charge is 2.00 e. The molecule has 0 radical (unpaired) electrons. The predicted molar refractivity (Wildman–Crippen MR) is 79.0 cm³/mol. The zero-order valence-corrected chi connectivity index (χ0v) is 13.2. The van der Waals surface area contributed by atoms with Gasteiger partial charge in [-0.3, -0.25) is 0 Å². The number of aliphatic hydroxyl groups is 4. The van der Waals surface area contributed by atoms with Gasteiger partial charge in [0.25, 0.3) is 0 Å². The van der Waals surface area contributed by atoms with Gasteiger partial charge in [0.15, 0.2) is 0 Å². The Labute approximate surface area is 142 Å². The second-order valence-electron chi connectivity index (χ2n) is 3.33. The van der Waals surface area contributed by atoms with Crippen LogP contribution in [0.3, 0.4) is 0 Å². The molecule has 0 aliphatic heterocycles.